The van der Waals surface area contributed by atoms with Crippen LogP contribution in [0.2, 0.25) is 0 Å². The minimum atomic E-state index is 0.563. The molecule has 1 aliphatic heterocycles. The topological polar surface area (TPSA) is 12.0 Å². The van der Waals surface area contributed by atoms with Gasteiger partial charge in [-0.3, -0.25) is 0 Å². The van der Waals surface area contributed by atoms with Crippen molar-refractivity contribution < 1.29 is 0 Å². The van der Waals surface area contributed by atoms with Crippen molar-refractivity contribution in [3.8, 4) is 0 Å². The first-order chi connectivity index (χ1) is 10.1. The van der Waals surface area contributed by atoms with Gasteiger partial charge in [0.15, 0.2) is 0 Å². The molecule has 1 fully saturated rings. The number of hydrogen-bond donors (Lipinski definition) is 1. The Balaban J connectivity index is 1.96. The second-order valence-electron chi connectivity index (χ2n) is 6.12. The summed E-state index contributed by atoms with van der Waals surface area (Å²) in [5.74, 6) is 1.18. The Bertz CT molecular complexity index is 618. The Hall–Kier alpha value is -1.12. The highest BCUT2D eigenvalue weighted by Gasteiger charge is 2.28. The van der Waals surface area contributed by atoms with E-state index in [4.69, 9.17) is 0 Å². The molecule has 0 amide bonds. The fourth-order valence-corrected chi connectivity index (χ4v) is 3.80. The van der Waals surface area contributed by atoms with E-state index >= 15 is 0 Å². The van der Waals surface area contributed by atoms with Crippen LogP contribution in [0.1, 0.15) is 40.5 Å². The molecule has 2 unspecified atom stereocenters. The zero-order valence-corrected chi connectivity index (χ0v) is 14.3. The van der Waals surface area contributed by atoms with Crippen LogP contribution < -0.4 is 5.32 Å². The zero-order chi connectivity index (χ0) is 14.8. The number of nitrogens with one attached hydrogen (secondary N) is 1. The first-order valence-corrected chi connectivity index (χ1v) is 8.48. The van der Waals surface area contributed by atoms with Crippen molar-refractivity contribution in [3.05, 3.63) is 69.2 Å². The minimum absolute atomic E-state index is 0.563. The van der Waals surface area contributed by atoms with Crippen molar-refractivity contribution in [2.45, 2.75) is 32.1 Å². The van der Waals surface area contributed by atoms with Crippen molar-refractivity contribution >= 4 is 15.9 Å². The van der Waals surface area contributed by atoms with Gasteiger partial charge in [0.2, 0.25) is 0 Å². The standard InChI is InChI=1S/C19H22BrN/c1-13-3-8-17(14(2)11-13)18-9-10-21-12-19(18)15-4-6-16(20)7-5-15/h3-8,11,18-19,21H,9-10,12H2,1-2H3. The molecule has 0 spiro atoms. The average molecular weight is 344 g/mol. The van der Waals surface area contributed by atoms with Crippen LogP contribution in [0.5, 0.6) is 0 Å². The first-order valence-electron chi connectivity index (χ1n) is 7.68. The van der Waals surface area contributed by atoms with Gasteiger partial charge in [-0.1, -0.05) is 51.8 Å². The van der Waals surface area contributed by atoms with Crippen molar-refractivity contribution in [1.29, 1.82) is 0 Å². The van der Waals surface area contributed by atoms with E-state index < -0.39 is 0 Å². The molecule has 2 aromatic rings. The van der Waals surface area contributed by atoms with Gasteiger partial charge in [-0.2, -0.15) is 0 Å². The predicted molar refractivity (Wildman–Crippen MR) is 93.0 cm³/mol. The predicted octanol–water partition coefficient (Wildman–Crippen LogP) is 4.93. The van der Waals surface area contributed by atoms with Crippen molar-refractivity contribution in [2.75, 3.05) is 13.1 Å². The molecule has 2 heteroatoms. The maximum Gasteiger partial charge on any atom is 0.0175 e. The number of benzene rings is 2. The van der Waals surface area contributed by atoms with Gasteiger partial charge in [0.1, 0.15) is 0 Å². The molecule has 0 saturated carbocycles. The maximum atomic E-state index is 3.57. The van der Waals surface area contributed by atoms with Crippen LogP contribution in [-0.4, -0.2) is 13.1 Å². The SMILES string of the molecule is Cc1ccc(C2CCNCC2c2ccc(Br)cc2)c(C)c1. The summed E-state index contributed by atoms with van der Waals surface area (Å²) in [6.07, 6.45) is 1.21. The molecule has 1 nitrogen and oxygen atoms in total. The molecular weight excluding hydrogens is 322 g/mol. The van der Waals surface area contributed by atoms with Crippen LogP contribution in [0.3, 0.4) is 0 Å². The molecule has 2 aromatic carbocycles. The fraction of sp³-hybridized carbons (Fsp3) is 0.368. The molecule has 0 radical (unpaired) electrons. The summed E-state index contributed by atoms with van der Waals surface area (Å²) in [6.45, 7) is 6.61. The van der Waals surface area contributed by atoms with Crippen LogP contribution in [0, 0.1) is 13.8 Å². The summed E-state index contributed by atoms with van der Waals surface area (Å²) in [5, 5.41) is 3.57. The van der Waals surface area contributed by atoms with E-state index in [1.807, 2.05) is 0 Å². The highest BCUT2D eigenvalue weighted by atomic mass is 79.9. The minimum Gasteiger partial charge on any atom is -0.316 e. The van der Waals surface area contributed by atoms with E-state index in [1.165, 1.54) is 28.7 Å². The van der Waals surface area contributed by atoms with Gasteiger partial charge in [-0.05, 0) is 61.6 Å². The lowest BCUT2D eigenvalue weighted by Crippen LogP contribution is -2.34. The normalized spacial score (nSPS) is 22.2. The van der Waals surface area contributed by atoms with E-state index in [1.54, 1.807) is 0 Å². The van der Waals surface area contributed by atoms with Crippen molar-refractivity contribution in [1.82, 2.24) is 5.32 Å². The fourth-order valence-electron chi connectivity index (χ4n) is 3.53. The molecule has 0 aliphatic carbocycles. The van der Waals surface area contributed by atoms with Gasteiger partial charge in [0, 0.05) is 16.9 Å². The van der Waals surface area contributed by atoms with E-state index in [-0.39, 0.29) is 0 Å². The maximum absolute atomic E-state index is 3.57. The summed E-state index contributed by atoms with van der Waals surface area (Å²) in [4.78, 5) is 0. The monoisotopic (exact) mass is 343 g/mol. The van der Waals surface area contributed by atoms with E-state index in [9.17, 15) is 0 Å². The van der Waals surface area contributed by atoms with Crippen LogP contribution in [0.15, 0.2) is 46.9 Å². The van der Waals surface area contributed by atoms with Gasteiger partial charge in [-0.15, -0.1) is 0 Å². The summed E-state index contributed by atoms with van der Waals surface area (Å²) >= 11 is 3.53. The quantitative estimate of drug-likeness (QED) is 0.815. The number of aryl methyl sites for hydroxylation is 2. The van der Waals surface area contributed by atoms with E-state index in [0.29, 0.717) is 11.8 Å². The van der Waals surface area contributed by atoms with Gasteiger partial charge < -0.3 is 5.32 Å². The summed E-state index contributed by atoms with van der Waals surface area (Å²) in [5.41, 5.74) is 5.75. The van der Waals surface area contributed by atoms with Gasteiger partial charge in [0.05, 0.1) is 0 Å². The Morgan fingerprint density at radius 2 is 1.76 bits per heavy atom. The van der Waals surface area contributed by atoms with E-state index in [0.717, 1.165) is 17.6 Å². The summed E-state index contributed by atoms with van der Waals surface area (Å²) < 4.78 is 1.15. The molecule has 1 heterocycles. The summed E-state index contributed by atoms with van der Waals surface area (Å²) in [6, 6.07) is 15.7. The van der Waals surface area contributed by atoms with Crippen LogP contribution in [0.25, 0.3) is 0 Å². The molecule has 3 rings (SSSR count). The number of rotatable bonds is 2. The number of halogens is 1. The van der Waals surface area contributed by atoms with Gasteiger partial charge in [-0.25, -0.2) is 0 Å². The molecule has 1 saturated heterocycles. The molecule has 1 N–H and O–H groups in total. The Labute approximate surface area is 135 Å². The smallest absolute Gasteiger partial charge is 0.0175 e. The number of piperidine rings is 1. The highest BCUT2D eigenvalue weighted by Crippen LogP contribution is 2.39. The zero-order valence-electron chi connectivity index (χ0n) is 12.7. The second-order valence-corrected chi connectivity index (χ2v) is 7.03. The molecule has 1 aliphatic rings. The molecule has 0 aromatic heterocycles. The first kappa shape index (κ1) is 14.8. The van der Waals surface area contributed by atoms with Crippen LogP contribution >= 0.6 is 15.9 Å². The Morgan fingerprint density at radius 1 is 1.00 bits per heavy atom. The molecular formula is C19H22BrN. The molecule has 2 atom stereocenters. The lowest BCUT2D eigenvalue weighted by molar-refractivity contribution is 0.403. The lowest BCUT2D eigenvalue weighted by atomic mass is 9.76. The molecule has 0 bridgehead atoms. The van der Waals surface area contributed by atoms with Crippen LogP contribution in [0.4, 0.5) is 0 Å². The average Bonchev–Trinajstić information content (AvgIpc) is 2.48. The van der Waals surface area contributed by atoms with Gasteiger partial charge in [0.25, 0.3) is 0 Å². The largest absolute Gasteiger partial charge is 0.316 e. The Kier molecular flexibility index (Phi) is 4.46. The van der Waals surface area contributed by atoms with Crippen molar-refractivity contribution in [2.24, 2.45) is 0 Å². The third-order valence-corrected chi connectivity index (χ3v) is 5.13. The summed E-state index contributed by atoms with van der Waals surface area (Å²) in [7, 11) is 0. The lowest BCUT2D eigenvalue weighted by Gasteiger charge is -2.34. The molecule has 21 heavy (non-hydrogen) atoms. The second kappa shape index (κ2) is 6.33. The van der Waals surface area contributed by atoms with Gasteiger partial charge >= 0.3 is 0 Å². The highest BCUT2D eigenvalue weighted by molar-refractivity contribution is 9.10. The third-order valence-electron chi connectivity index (χ3n) is 4.61. The Morgan fingerprint density at radius 3 is 2.48 bits per heavy atom. The number of hydrogen-bond acceptors (Lipinski definition) is 1. The van der Waals surface area contributed by atoms with E-state index in [2.05, 4.69) is 77.6 Å². The van der Waals surface area contributed by atoms with Crippen molar-refractivity contribution in [3.63, 3.8) is 0 Å². The third kappa shape index (κ3) is 3.22. The molecule has 110 valence electrons. The van der Waals surface area contributed by atoms with Crippen LogP contribution in [-0.2, 0) is 0 Å².